The molecular weight excluding hydrogens is 1090 g/mol. The highest BCUT2D eigenvalue weighted by Crippen LogP contribution is 2.41. The van der Waals surface area contributed by atoms with Crippen molar-refractivity contribution in [1.29, 1.82) is 0 Å². The number of rotatable bonds is 17. The number of carbonyl (C=O) groups is 4. The van der Waals surface area contributed by atoms with E-state index in [1.807, 2.05) is 92.2 Å². The molecular formula is C57H100IN3O15. The van der Waals surface area contributed by atoms with E-state index in [-0.39, 0.29) is 67.1 Å². The van der Waals surface area contributed by atoms with Crippen LogP contribution in [0.4, 0.5) is 4.79 Å². The smallest absolute Gasteiger partial charge is 0.408 e. The van der Waals surface area contributed by atoms with Gasteiger partial charge in [-0.1, -0.05) is 68.2 Å². The summed E-state index contributed by atoms with van der Waals surface area (Å²) in [4.78, 5) is 61.1. The maximum atomic E-state index is 15.7. The number of aliphatic hydroxyl groups is 2. The van der Waals surface area contributed by atoms with E-state index in [1.165, 1.54) is 0 Å². The molecule has 0 spiro atoms. The second-order valence-corrected chi connectivity index (χ2v) is 24.8. The summed E-state index contributed by atoms with van der Waals surface area (Å²) in [5, 5.41) is 25.5. The first kappa shape index (κ1) is 66.4. The molecule has 3 N–H and O–H groups in total. The third-order valence-electron chi connectivity index (χ3n) is 16.6. The molecule has 18 nitrogen and oxygen atoms in total. The molecule has 0 bridgehead atoms. The molecule has 4 saturated heterocycles. The van der Waals surface area contributed by atoms with Gasteiger partial charge < -0.3 is 63.1 Å². The molecule has 76 heavy (non-hydrogen) atoms. The number of aliphatic hydroxyl groups excluding tert-OH is 2. The van der Waals surface area contributed by atoms with Crippen LogP contribution in [-0.4, -0.2) is 163 Å². The second-order valence-electron chi connectivity index (χ2n) is 24.3. The molecule has 1 unspecified atom stereocenters. The highest BCUT2D eigenvalue weighted by atomic mass is 127. The molecule has 4 aliphatic heterocycles. The fourth-order valence-electron chi connectivity index (χ4n) is 12.4. The highest BCUT2D eigenvalue weighted by Gasteiger charge is 2.52. The van der Waals surface area contributed by atoms with Crippen LogP contribution in [0.15, 0.2) is 3.21 Å². The third kappa shape index (κ3) is 17.7. The van der Waals surface area contributed by atoms with Crippen molar-refractivity contribution < 1.29 is 72.0 Å². The minimum atomic E-state index is -1.85. The number of hydrogen-bond acceptors (Lipinski definition) is 17. The lowest BCUT2D eigenvalue weighted by molar-refractivity contribution is -0.264. The van der Waals surface area contributed by atoms with Crippen molar-refractivity contribution in [2.24, 2.45) is 50.5 Å². The Morgan fingerprint density at radius 2 is 1.55 bits per heavy atom. The molecule has 0 aromatic heterocycles. The topological polar surface area (TPSA) is 219 Å². The van der Waals surface area contributed by atoms with E-state index >= 15 is 9.59 Å². The zero-order valence-electron chi connectivity index (χ0n) is 49.3. The molecule has 0 saturated carbocycles. The van der Waals surface area contributed by atoms with Crippen molar-refractivity contribution in [3.05, 3.63) is 0 Å². The minimum Gasteiger partial charge on any atom is -0.461 e. The largest absolute Gasteiger partial charge is 0.461 e. The van der Waals surface area contributed by atoms with E-state index in [0.29, 0.717) is 44.4 Å². The van der Waals surface area contributed by atoms with Gasteiger partial charge in [-0.3, -0.25) is 14.4 Å². The quantitative estimate of drug-likeness (QED) is 0.0704. The number of halogens is 1. The molecule has 0 aliphatic carbocycles. The number of likely N-dealkylation sites (N-methyl/N-ethyl adjacent to an activating group) is 1. The van der Waals surface area contributed by atoms with Gasteiger partial charge >= 0.3 is 18.0 Å². The van der Waals surface area contributed by atoms with Crippen LogP contribution in [0.3, 0.4) is 0 Å². The lowest BCUT2D eigenvalue weighted by Gasteiger charge is -2.45. The highest BCUT2D eigenvalue weighted by molar-refractivity contribution is 14.1. The number of carbonyl (C=O) groups excluding carboxylic acids is 4. The van der Waals surface area contributed by atoms with Gasteiger partial charge in [-0.15, -0.1) is 0 Å². The van der Waals surface area contributed by atoms with Crippen LogP contribution in [0.1, 0.15) is 169 Å². The molecule has 0 radical (unpaired) electrons. The standard InChI is InChI=1S/C57H100IN3O15/c1-19-21-41-43(71-40(15)46(63)52(41)68-18)23-20-22-31(6)48-36(11)50(72-44(62)24-29(2)3)38(13)53(65)57(16,76-56(67)59-30(4)5)27-32(7)49(75-55-47(64)42(60-58)26-34(9)70-55)37(12)51(39(14)54(66)74-48)73-45-25-33(8)61(17)28-35(10)69-45/h29-41,43,45-52,55,63-64H,19-28H2,1-18H3,(H,59,67)/b60-42+/t31-,32-,33-,34+,35-,36-,37+,38+,39+,40+,41-,43-,45?,46+,47+,48+,49-,50+,51-,52-,55-,57-/m0/s1. The summed E-state index contributed by atoms with van der Waals surface area (Å²) in [5.74, 6) is -6.17. The van der Waals surface area contributed by atoms with Crippen LogP contribution in [0.5, 0.6) is 0 Å². The number of ether oxygens (including phenoxy) is 9. The Balaban J connectivity index is 1.94. The van der Waals surface area contributed by atoms with Gasteiger partial charge in [0.25, 0.3) is 0 Å². The average molecular weight is 1190 g/mol. The van der Waals surface area contributed by atoms with Crippen LogP contribution >= 0.6 is 22.9 Å². The van der Waals surface area contributed by atoms with Gasteiger partial charge in [0.15, 0.2) is 24.0 Å². The van der Waals surface area contributed by atoms with E-state index < -0.39 is 114 Å². The van der Waals surface area contributed by atoms with Crippen molar-refractivity contribution in [2.75, 3.05) is 20.7 Å². The number of nitrogens with one attached hydrogen (secondary N) is 1. The van der Waals surface area contributed by atoms with Crippen molar-refractivity contribution in [2.45, 2.75) is 266 Å². The molecule has 19 heteroatoms. The molecule has 1 amide bonds. The first-order valence-corrected chi connectivity index (χ1v) is 29.5. The Morgan fingerprint density at radius 1 is 0.882 bits per heavy atom. The molecule has 22 atom stereocenters. The fraction of sp³-hybridized carbons (Fsp3) is 0.912. The van der Waals surface area contributed by atoms with Gasteiger partial charge in [-0.2, -0.15) is 0 Å². The number of ketones is 1. The van der Waals surface area contributed by atoms with Crippen molar-refractivity contribution in [3.8, 4) is 0 Å². The monoisotopic (exact) mass is 1190 g/mol. The zero-order chi connectivity index (χ0) is 57.1. The lowest BCUT2D eigenvalue weighted by Crippen LogP contribution is -2.56. The fourth-order valence-corrected chi connectivity index (χ4v) is 12.9. The predicted molar refractivity (Wildman–Crippen MR) is 298 cm³/mol. The minimum absolute atomic E-state index is 0.0321. The van der Waals surface area contributed by atoms with E-state index in [9.17, 15) is 19.8 Å². The van der Waals surface area contributed by atoms with Crippen LogP contribution in [-0.2, 0) is 57.0 Å². The van der Waals surface area contributed by atoms with Crippen LogP contribution in [0, 0.1) is 47.3 Å². The van der Waals surface area contributed by atoms with Crippen LogP contribution in [0.25, 0.3) is 0 Å². The van der Waals surface area contributed by atoms with Gasteiger partial charge in [-0.05, 0) is 106 Å². The van der Waals surface area contributed by atoms with Crippen LogP contribution in [0.2, 0.25) is 0 Å². The van der Waals surface area contributed by atoms with E-state index in [2.05, 4.69) is 27.3 Å². The van der Waals surface area contributed by atoms with E-state index in [0.717, 1.165) is 12.8 Å². The summed E-state index contributed by atoms with van der Waals surface area (Å²) in [5.41, 5.74) is -1.36. The van der Waals surface area contributed by atoms with Gasteiger partial charge in [0.2, 0.25) is 0 Å². The summed E-state index contributed by atoms with van der Waals surface area (Å²) in [7, 11) is 3.67. The van der Waals surface area contributed by atoms with E-state index in [4.69, 9.17) is 42.6 Å². The number of alkyl carbamates (subject to hydrolysis) is 1. The summed E-state index contributed by atoms with van der Waals surface area (Å²) in [6, 6.07) is -0.267. The molecule has 0 aromatic carbocycles. The van der Waals surface area contributed by atoms with Crippen molar-refractivity contribution >= 4 is 52.4 Å². The maximum Gasteiger partial charge on any atom is 0.408 e. The Labute approximate surface area is 469 Å². The van der Waals surface area contributed by atoms with Crippen molar-refractivity contribution in [3.63, 3.8) is 0 Å². The summed E-state index contributed by atoms with van der Waals surface area (Å²) >= 11 is 1.86. The number of hydrogen-bond donors (Lipinski definition) is 3. The second kappa shape index (κ2) is 30.1. The van der Waals surface area contributed by atoms with E-state index in [1.54, 1.807) is 41.7 Å². The number of cyclic esters (lactones) is 1. The zero-order valence-corrected chi connectivity index (χ0v) is 51.5. The Morgan fingerprint density at radius 3 is 2.16 bits per heavy atom. The molecule has 0 aromatic rings. The summed E-state index contributed by atoms with van der Waals surface area (Å²) in [6.45, 7) is 30.7. The van der Waals surface area contributed by atoms with Crippen LogP contribution < -0.4 is 5.32 Å². The van der Waals surface area contributed by atoms with Gasteiger partial charge in [0.05, 0.1) is 83.1 Å². The SMILES string of the molecule is CCC[C@@H]1[C@H](OC)[C@H](O)[C@@H](C)O[C@H]1CCC[C@H](C)[C@H]1OC(=O)[C@H](C)[C@@H](OC2C[C@H](C)N(C)C[C@H](C)O2)[C@H](C)[C@@H](O[C@@H]2O[C@H](C)C/C(=N\I)[C@H]2O)[C@@H](C)C[C@](C)(OC(=O)NC(C)C)C(=O)[C@H](C)[C@H](OC(=O)CC(C)C)[C@H]1C. The van der Waals surface area contributed by atoms with Gasteiger partial charge in [-0.25, -0.2) is 8.00 Å². The molecule has 4 fully saturated rings. The third-order valence-corrected chi connectivity index (χ3v) is 17.2. The first-order valence-electron chi connectivity index (χ1n) is 28.5. The predicted octanol–water partition coefficient (Wildman–Crippen LogP) is 8.80. The number of nitrogens with zero attached hydrogens (tertiary/aromatic N) is 2. The summed E-state index contributed by atoms with van der Waals surface area (Å²) in [6.07, 6.45) is -5.87. The molecule has 4 heterocycles. The molecule has 440 valence electrons. The molecule has 4 rings (SSSR count). The van der Waals surface area contributed by atoms with Gasteiger partial charge in [0, 0.05) is 62.8 Å². The summed E-state index contributed by atoms with van der Waals surface area (Å²) < 4.78 is 63.2. The number of amides is 1. The maximum absolute atomic E-state index is 15.7. The first-order chi connectivity index (χ1) is 35.6. The Kier molecular flexibility index (Phi) is 26.3. The Bertz CT molecular complexity index is 1880. The van der Waals surface area contributed by atoms with Crippen molar-refractivity contribution in [1.82, 2.24) is 10.2 Å². The molecule has 4 aliphatic rings. The number of esters is 2. The number of Topliss-reactive ketones (excluding diaryl/α,β-unsaturated/α-hetero) is 1. The lowest BCUT2D eigenvalue weighted by atomic mass is 9.73. The normalized spacial score (nSPS) is 40.8. The number of methoxy groups -OCH3 is 1. The Hall–Kier alpha value is -2.08. The van der Waals surface area contributed by atoms with Gasteiger partial charge in [0.1, 0.15) is 24.4 Å². The average Bonchev–Trinajstić information content (AvgIpc) is 3.45.